The van der Waals surface area contributed by atoms with Crippen molar-refractivity contribution >= 4 is 5.91 Å². The van der Waals surface area contributed by atoms with Crippen molar-refractivity contribution in [2.24, 2.45) is 0 Å². The van der Waals surface area contributed by atoms with Gasteiger partial charge in [0.15, 0.2) is 0 Å². The van der Waals surface area contributed by atoms with Gasteiger partial charge in [-0.3, -0.25) is 9.69 Å². The maximum absolute atomic E-state index is 11.7. The molecule has 1 fully saturated rings. The van der Waals surface area contributed by atoms with Gasteiger partial charge in [-0.2, -0.15) is 0 Å². The summed E-state index contributed by atoms with van der Waals surface area (Å²) < 4.78 is 0. The lowest BCUT2D eigenvalue weighted by molar-refractivity contribution is -0.126. The number of amides is 1. The number of unbranched alkanes of at least 4 members (excludes halogenated alkanes) is 4. The Bertz CT molecular complexity index is 206. The summed E-state index contributed by atoms with van der Waals surface area (Å²) in [6, 6.07) is 0. The first kappa shape index (κ1) is 13.5. The van der Waals surface area contributed by atoms with E-state index < -0.39 is 0 Å². The molecule has 3 nitrogen and oxygen atoms in total. The minimum atomic E-state index is 0.326. The summed E-state index contributed by atoms with van der Waals surface area (Å²) in [6.07, 6.45) is 7.38. The van der Waals surface area contributed by atoms with Gasteiger partial charge in [-0.15, -0.1) is 0 Å². The van der Waals surface area contributed by atoms with Crippen LogP contribution in [-0.2, 0) is 4.79 Å². The molecule has 0 spiro atoms. The van der Waals surface area contributed by atoms with E-state index in [1.165, 1.54) is 32.1 Å². The molecule has 0 radical (unpaired) electrons. The largest absolute Gasteiger partial charge is 0.329 e. The summed E-state index contributed by atoms with van der Waals surface area (Å²) in [6.45, 7) is 7.97. The molecule has 1 amide bonds. The van der Waals surface area contributed by atoms with E-state index in [9.17, 15) is 4.79 Å². The number of hydrogen-bond acceptors (Lipinski definition) is 2. The van der Waals surface area contributed by atoms with Gasteiger partial charge in [0.1, 0.15) is 0 Å². The van der Waals surface area contributed by atoms with Gasteiger partial charge in [-0.1, -0.05) is 39.5 Å². The fourth-order valence-electron chi connectivity index (χ4n) is 2.14. The highest BCUT2D eigenvalue weighted by Gasteiger charge is 2.25. The molecule has 16 heavy (non-hydrogen) atoms. The Labute approximate surface area is 99.8 Å². The van der Waals surface area contributed by atoms with Crippen LogP contribution in [0.15, 0.2) is 0 Å². The molecule has 0 atom stereocenters. The van der Waals surface area contributed by atoms with Crippen molar-refractivity contribution in [3.05, 3.63) is 0 Å². The number of carbonyl (C=O) groups is 1. The second-order valence-corrected chi connectivity index (χ2v) is 4.77. The fourth-order valence-corrected chi connectivity index (χ4v) is 2.14. The molecule has 0 aliphatic carbocycles. The molecule has 0 aromatic carbocycles. The third-order valence-corrected chi connectivity index (χ3v) is 3.19. The summed E-state index contributed by atoms with van der Waals surface area (Å²) >= 11 is 0. The second kappa shape index (κ2) is 7.66. The van der Waals surface area contributed by atoms with E-state index in [1.54, 1.807) is 0 Å². The third-order valence-electron chi connectivity index (χ3n) is 3.19. The standard InChI is InChI=1S/C13H26N2O/c1-3-5-7-9-14-11-13(16)15(12-14)10-8-6-4-2/h3-12H2,1-2H3. The molecule has 0 N–H and O–H groups in total. The van der Waals surface area contributed by atoms with Crippen LogP contribution in [0.25, 0.3) is 0 Å². The van der Waals surface area contributed by atoms with Gasteiger partial charge in [0.2, 0.25) is 5.91 Å². The van der Waals surface area contributed by atoms with Crippen molar-refractivity contribution in [2.75, 3.05) is 26.3 Å². The maximum Gasteiger partial charge on any atom is 0.237 e. The van der Waals surface area contributed by atoms with Crippen molar-refractivity contribution in [1.29, 1.82) is 0 Å². The molecule has 1 aliphatic heterocycles. The highest BCUT2D eigenvalue weighted by Crippen LogP contribution is 2.10. The molecule has 3 heteroatoms. The van der Waals surface area contributed by atoms with E-state index in [2.05, 4.69) is 18.7 Å². The molecule has 1 aliphatic rings. The molecule has 1 rings (SSSR count). The molecular weight excluding hydrogens is 200 g/mol. The van der Waals surface area contributed by atoms with Crippen LogP contribution in [0.1, 0.15) is 52.4 Å². The lowest BCUT2D eigenvalue weighted by atomic mass is 10.2. The van der Waals surface area contributed by atoms with Crippen LogP contribution < -0.4 is 0 Å². The van der Waals surface area contributed by atoms with Crippen LogP contribution in [0.5, 0.6) is 0 Å². The van der Waals surface area contributed by atoms with Crippen molar-refractivity contribution in [2.45, 2.75) is 52.4 Å². The number of rotatable bonds is 8. The molecule has 0 bridgehead atoms. The highest BCUT2D eigenvalue weighted by atomic mass is 16.2. The van der Waals surface area contributed by atoms with Crippen LogP contribution in [0.4, 0.5) is 0 Å². The average Bonchev–Trinajstić information content (AvgIpc) is 2.61. The number of hydrogen-bond donors (Lipinski definition) is 0. The monoisotopic (exact) mass is 226 g/mol. The molecule has 0 aromatic rings. The van der Waals surface area contributed by atoms with Crippen molar-refractivity contribution in [3.63, 3.8) is 0 Å². The number of carbonyl (C=O) groups excluding carboxylic acids is 1. The van der Waals surface area contributed by atoms with Crippen LogP contribution in [0, 0.1) is 0 Å². The zero-order chi connectivity index (χ0) is 11.8. The summed E-state index contributed by atoms with van der Waals surface area (Å²) in [4.78, 5) is 16.0. The molecule has 1 heterocycles. The van der Waals surface area contributed by atoms with Gasteiger partial charge in [-0.25, -0.2) is 0 Å². The average molecular weight is 226 g/mol. The molecule has 94 valence electrons. The first-order valence-electron chi connectivity index (χ1n) is 6.78. The Kier molecular flexibility index (Phi) is 6.46. The Morgan fingerprint density at radius 1 is 1.00 bits per heavy atom. The molecule has 0 saturated carbocycles. The van der Waals surface area contributed by atoms with Crippen LogP contribution >= 0.6 is 0 Å². The SMILES string of the molecule is CCCCCN1CC(=O)N(CCCCC)C1. The normalized spacial score (nSPS) is 17.4. The van der Waals surface area contributed by atoms with E-state index in [0.717, 1.165) is 26.2 Å². The Morgan fingerprint density at radius 3 is 2.25 bits per heavy atom. The van der Waals surface area contributed by atoms with E-state index >= 15 is 0 Å². The van der Waals surface area contributed by atoms with Crippen molar-refractivity contribution in [3.8, 4) is 0 Å². The second-order valence-electron chi connectivity index (χ2n) is 4.77. The highest BCUT2D eigenvalue weighted by molar-refractivity contribution is 5.80. The Balaban J connectivity index is 2.16. The van der Waals surface area contributed by atoms with Gasteiger partial charge < -0.3 is 4.90 Å². The van der Waals surface area contributed by atoms with E-state index in [4.69, 9.17) is 0 Å². The third kappa shape index (κ3) is 4.52. The topological polar surface area (TPSA) is 23.6 Å². The van der Waals surface area contributed by atoms with Crippen LogP contribution in [0.2, 0.25) is 0 Å². The van der Waals surface area contributed by atoms with Gasteiger partial charge in [0.05, 0.1) is 13.2 Å². The number of nitrogens with zero attached hydrogens (tertiary/aromatic N) is 2. The molecule has 1 saturated heterocycles. The lowest BCUT2D eigenvalue weighted by Gasteiger charge is -2.17. The summed E-state index contributed by atoms with van der Waals surface area (Å²) in [5, 5.41) is 0. The zero-order valence-electron chi connectivity index (χ0n) is 10.9. The fraction of sp³-hybridized carbons (Fsp3) is 0.923. The predicted molar refractivity (Wildman–Crippen MR) is 67.2 cm³/mol. The van der Waals surface area contributed by atoms with E-state index in [-0.39, 0.29) is 0 Å². The van der Waals surface area contributed by atoms with Crippen LogP contribution in [0.3, 0.4) is 0 Å². The van der Waals surface area contributed by atoms with Crippen molar-refractivity contribution in [1.82, 2.24) is 9.80 Å². The Hall–Kier alpha value is -0.570. The minimum Gasteiger partial charge on any atom is -0.329 e. The summed E-state index contributed by atoms with van der Waals surface area (Å²) in [7, 11) is 0. The quantitative estimate of drug-likeness (QED) is 0.594. The van der Waals surface area contributed by atoms with Crippen LogP contribution in [-0.4, -0.2) is 42.0 Å². The van der Waals surface area contributed by atoms with Gasteiger partial charge >= 0.3 is 0 Å². The predicted octanol–water partition coefficient (Wildman–Crippen LogP) is 2.47. The Morgan fingerprint density at radius 2 is 1.62 bits per heavy atom. The molecular formula is C13H26N2O. The maximum atomic E-state index is 11.7. The first-order valence-corrected chi connectivity index (χ1v) is 6.78. The van der Waals surface area contributed by atoms with E-state index in [0.29, 0.717) is 12.5 Å². The zero-order valence-corrected chi connectivity index (χ0v) is 10.9. The van der Waals surface area contributed by atoms with E-state index in [1.807, 2.05) is 4.90 Å². The first-order chi connectivity index (χ1) is 7.77. The van der Waals surface area contributed by atoms with Gasteiger partial charge in [0.25, 0.3) is 0 Å². The van der Waals surface area contributed by atoms with Crippen molar-refractivity contribution < 1.29 is 4.79 Å². The van der Waals surface area contributed by atoms with Gasteiger partial charge in [-0.05, 0) is 12.8 Å². The lowest BCUT2D eigenvalue weighted by Crippen LogP contribution is -2.28. The summed E-state index contributed by atoms with van der Waals surface area (Å²) in [5.41, 5.74) is 0. The molecule has 0 aromatic heterocycles. The molecule has 0 unspecified atom stereocenters. The minimum absolute atomic E-state index is 0.326. The smallest absolute Gasteiger partial charge is 0.237 e. The van der Waals surface area contributed by atoms with Gasteiger partial charge in [0, 0.05) is 13.1 Å². The summed E-state index contributed by atoms with van der Waals surface area (Å²) in [5.74, 6) is 0.326.